The molecule has 4 heteroatoms. The second kappa shape index (κ2) is 7.37. The van der Waals surface area contributed by atoms with Gasteiger partial charge in [-0.1, -0.05) is 25.1 Å². The molecule has 0 spiro atoms. The van der Waals surface area contributed by atoms with Crippen molar-refractivity contribution in [3.63, 3.8) is 0 Å². The molecule has 0 radical (unpaired) electrons. The molecule has 0 amide bonds. The lowest BCUT2D eigenvalue weighted by Gasteiger charge is -2.26. The summed E-state index contributed by atoms with van der Waals surface area (Å²) in [6, 6.07) is 6.36. The van der Waals surface area contributed by atoms with Crippen LogP contribution in [0, 0.1) is 5.82 Å². The third-order valence-corrected chi connectivity index (χ3v) is 2.59. The van der Waals surface area contributed by atoms with Crippen molar-refractivity contribution in [3.05, 3.63) is 35.6 Å². The van der Waals surface area contributed by atoms with Crippen molar-refractivity contribution in [1.29, 1.82) is 0 Å². The minimum atomic E-state index is -0.501. The average Bonchev–Trinajstić information content (AvgIpc) is 2.36. The van der Waals surface area contributed by atoms with Gasteiger partial charge in [0.1, 0.15) is 5.82 Å². The van der Waals surface area contributed by atoms with E-state index < -0.39 is 6.29 Å². The highest BCUT2D eigenvalue weighted by Gasteiger charge is 2.24. The number of hydrogen-bond donors (Lipinski definition) is 1. The first kappa shape index (κ1) is 14.1. The van der Waals surface area contributed by atoms with Gasteiger partial charge < -0.3 is 14.8 Å². The lowest BCUT2D eigenvalue weighted by Crippen LogP contribution is -2.35. The van der Waals surface area contributed by atoms with Gasteiger partial charge >= 0.3 is 0 Å². The first-order valence-corrected chi connectivity index (χ1v) is 5.78. The highest BCUT2D eigenvalue weighted by molar-refractivity contribution is 5.21. The third-order valence-electron chi connectivity index (χ3n) is 2.59. The van der Waals surface area contributed by atoms with Crippen LogP contribution in [0.2, 0.25) is 0 Å². The summed E-state index contributed by atoms with van der Waals surface area (Å²) in [6.45, 7) is 2.84. The van der Waals surface area contributed by atoms with E-state index in [1.54, 1.807) is 32.4 Å². The molecule has 0 fully saturated rings. The van der Waals surface area contributed by atoms with Crippen LogP contribution in [-0.4, -0.2) is 27.1 Å². The Hall–Kier alpha value is -0.970. The van der Waals surface area contributed by atoms with E-state index in [4.69, 9.17) is 9.47 Å². The summed E-state index contributed by atoms with van der Waals surface area (Å²) in [6.07, 6.45) is 0.462. The van der Waals surface area contributed by atoms with Crippen LogP contribution in [-0.2, 0) is 9.47 Å². The molecule has 1 aromatic rings. The number of nitrogens with one attached hydrogen (secondary N) is 1. The Morgan fingerprint density at radius 2 is 1.88 bits per heavy atom. The molecule has 0 aliphatic carbocycles. The van der Waals surface area contributed by atoms with Crippen molar-refractivity contribution < 1.29 is 13.9 Å². The molecule has 1 N–H and O–H groups in total. The molecule has 1 atom stereocenters. The van der Waals surface area contributed by atoms with Gasteiger partial charge in [0, 0.05) is 19.8 Å². The molecular formula is C13H20FNO2. The normalized spacial score (nSPS) is 13.0. The van der Waals surface area contributed by atoms with Crippen LogP contribution in [0.25, 0.3) is 0 Å². The first-order chi connectivity index (χ1) is 8.24. The van der Waals surface area contributed by atoms with E-state index in [0.29, 0.717) is 5.56 Å². The monoisotopic (exact) mass is 241 g/mol. The Morgan fingerprint density at radius 3 is 2.41 bits per heavy atom. The number of halogens is 1. The minimum Gasteiger partial charge on any atom is -0.354 e. The lowest BCUT2D eigenvalue weighted by molar-refractivity contribution is -0.124. The smallest absolute Gasteiger partial charge is 0.176 e. The summed E-state index contributed by atoms with van der Waals surface area (Å²) in [5, 5.41) is 3.24. The summed E-state index contributed by atoms with van der Waals surface area (Å²) in [5.41, 5.74) is 0.564. The second-order valence-electron chi connectivity index (χ2n) is 3.79. The van der Waals surface area contributed by atoms with E-state index in [2.05, 4.69) is 12.2 Å². The van der Waals surface area contributed by atoms with E-state index in [0.717, 1.165) is 13.0 Å². The average molecular weight is 241 g/mol. The summed E-state index contributed by atoms with van der Waals surface area (Å²) in [7, 11) is 3.10. The number of benzene rings is 1. The molecule has 0 saturated heterocycles. The summed E-state index contributed by atoms with van der Waals surface area (Å²) in [5.74, 6) is -0.250. The quantitative estimate of drug-likeness (QED) is 0.744. The Labute approximate surface area is 102 Å². The highest BCUT2D eigenvalue weighted by Crippen LogP contribution is 2.22. The Kier molecular flexibility index (Phi) is 6.11. The fourth-order valence-corrected chi connectivity index (χ4v) is 1.75. The lowest BCUT2D eigenvalue weighted by atomic mass is 10.1. The van der Waals surface area contributed by atoms with E-state index in [1.165, 1.54) is 6.07 Å². The molecule has 1 aromatic carbocycles. The highest BCUT2D eigenvalue weighted by atomic mass is 19.1. The predicted octanol–water partition coefficient (Wildman–Crippen LogP) is 2.49. The summed E-state index contributed by atoms with van der Waals surface area (Å²) < 4.78 is 24.2. The molecule has 0 saturated carbocycles. The van der Waals surface area contributed by atoms with Gasteiger partial charge in [0.25, 0.3) is 0 Å². The molecule has 0 bridgehead atoms. The van der Waals surface area contributed by atoms with Crippen molar-refractivity contribution >= 4 is 0 Å². The zero-order valence-corrected chi connectivity index (χ0v) is 10.6. The maximum atomic E-state index is 13.7. The van der Waals surface area contributed by atoms with Gasteiger partial charge in [-0.15, -0.1) is 0 Å². The van der Waals surface area contributed by atoms with Crippen molar-refractivity contribution in [1.82, 2.24) is 5.32 Å². The zero-order valence-electron chi connectivity index (χ0n) is 10.6. The van der Waals surface area contributed by atoms with Crippen LogP contribution in [0.5, 0.6) is 0 Å². The molecular weight excluding hydrogens is 221 g/mol. The van der Waals surface area contributed by atoms with Gasteiger partial charge in [0.15, 0.2) is 6.29 Å². The van der Waals surface area contributed by atoms with E-state index in [1.807, 2.05) is 0 Å². The van der Waals surface area contributed by atoms with Gasteiger partial charge in [-0.2, -0.15) is 0 Å². The Bertz CT molecular complexity index is 329. The van der Waals surface area contributed by atoms with Crippen LogP contribution in [0.4, 0.5) is 4.39 Å². The molecule has 0 aromatic heterocycles. The van der Waals surface area contributed by atoms with Gasteiger partial charge in [-0.25, -0.2) is 4.39 Å². The number of hydrogen-bond acceptors (Lipinski definition) is 3. The first-order valence-electron chi connectivity index (χ1n) is 5.78. The molecule has 17 heavy (non-hydrogen) atoms. The Morgan fingerprint density at radius 1 is 1.24 bits per heavy atom. The van der Waals surface area contributed by atoms with Crippen LogP contribution < -0.4 is 5.32 Å². The molecule has 96 valence electrons. The predicted molar refractivity (Wildman–Crippen MR) is 65.2 cm³/mol. The molecule has 0 heterocycles. The van der Waals surface area contributed by atoms with Gasteiger partial charge in [0.05, 0.1) is 6.04 Å². The van der Waals surface area contributed by atoms with Gasteiger partial charge in [0.2, 0.25) is 0 Å². The SMILES string of the molecule is CCCNC(c1ccccc1F)C(OC)OC. The number of ether oxygens (including phenoxy) is 2. The fourth-order valence-electron chi connectivity index (χ4n) is 1.75. The largest absolute Gasteiger partial charge is 0.354 e. The van der Waals surface area contributed by atoms with Crippen molar-refractivity contribution in [3.8, 4) is 0 Å². The molecule has 3 nitrogen and oxygen atoms in total. The number of methoxy groups -OCH3 is 2. The van der Waals surface area contributed by atoms with Crippen LogP contribution in [0.3, 0.4) is 0 Å². The molecule has 0 aliphatic heterocycles. The van der Waals surface area contributed by atoms with Crippen LogP contribution >= 0.6 is 0 Å². The van der Waals surface area contributed by atoms with E-state index in [-0.39, 0.29) is 11.9 Å². The number of rotatable bonds is 7. The zero-order chi connectivity index (χ0) is 12.7. The topological polar surface area (TPSA) is 30.5 Å². The van der Waals surface area contributed by atoms with E-state index >= 15 is 0 Å². The van der Waals surface area contributed by atoms with Crippen LogP contribution in [0.15, 0.2) is 24.3 Å². The molecule has 0 aliphatic rings. The van der Waals surface area contributed by atoms with Crippen LogP contribution in [0.1, 0.15) is 24.9 Å². The van der Waals surface area contributed by atoms with Gasteiger partial charge in [-0.3, -0.25) is 0 Å². The summed E-state index contributed by atoms with van der Waals surface area (Å²) in [4.78, 5) is 0. The maximum absolute atomic E-state index is 13.7. The van der Waals surface area contributed by atoms with E-state index in [9.17, 15) is 4.39 Å². The second-order valence-corrected chi connectivity index (χ2v) is 3.79. The summed E-state index contributed by atoms with van der Waals surface area (Å²) >= 11 is 0. The minimum absolute atomic E-state index is 0.250. The Balaban J connectivity index is 2.92. The standard InChI is InChI=1S/C13H20FNO2/c1-4-9-15-12(13(16-2)17-3)10-7-5-6-8-11(10)14/h5-8,12-13,15H,4,9H2,1-3H3. The van der Waals surface area contributed by atoms with Crippen molar-refractivity contribution in [2.75, 3.05) is 20.8 Å². The third kappa shape index (κ3) is 3.77. The van der Waals surface area contributed by atoms with Crippen molar-refractivity contribution in [2.45, 2.75) is 25.7 Å². The molecule has 1 unspecified atom stereocenters. The maximum Gasteiger partial charge on any atom is 0.176 e. The fraction of sp³-hybridized carbons (Fsp3) is 0.538. The molecule has 1 rings (SSSR count). The van der Waals surface area contributed by atoms with Gasteiger partial charge in [-0.05, 0) is 19.0 Å². The van der Waals surface area contributed by atoms with Crippen molar-refractivity contribution in [2.24, 2.45) is 0 Å².